The molecule has 232 valence electrons. The van der Waals surface area contributed by atoms with E-state index in [9.17, 15) is 5.26 Å². The van der Waals surface area contributed by atoms with Crippen molar-refractivity contribution in [2.75, 3.05) is 0 Å². The van der Waals surface area contributed by atoms with Gasteiger partial charge in [0.25, 0.3) is 0 Å². The fourth-order valence-electron chi connectivity index (χ4n) is 6.47. The second kappa shape index (κ2) is 13.0. The first-order valence-electron chi connectivity index (χ1n) is 16.7. The van der Waals surface area contributed by atoms with E-state index in [1.54, 1.807) is 0 Å². The van der Waals surface area contributed by atoms with E-state index in [0.717, 1.165) is 85.5 Å². The summed E-state index contributed by atoms with van der Waals surface area (Å²) in [5.41, 5.74) is 13.4. The SMILES string of the molecule is Cc1ccc(-c2cc(C#N)cc(-c3ccc4ccc(-c5ccc(-c6cc(-c7ccccc7)nc(C7=CCCC=C7)n6)cc5)cc4c3)c2)cc1. The van der Waals surface area contributed by atoms with Gasteiger partial charge in [-0.1, -0.05) is 127 Å². The van der Waals surface area contributed by atoms with Crippen LogP contribution < -0.4 is 0 Å². The van der Waals surface area contributed by atoms with Crippen LogP contribution >= 0.6 is 0 Å². The van der Waals surface area contributed by atoms with Crippen molar-refractivity contribution in [3.63, 3.8) is 0 Å². The molecule has 0 unspecified atom stereocenters. The highest BCUT2D eigenvalue weighted by atomic mass is 14.9. The Morgan fingerprint density at radius 3 is 1.73 bits per heavy atom. The van der Waals surface area contributed by atoms with Crippen molar-refractivity contribution in [2.45, 2.75) is 19.8 Å². The van der Waals surface area contributed by atoms with Crippen LogP contribution in [0, 0.1) is 18.3 Å². The van der Waals surface area contributed by atoms with Crippen LogP contribution in [-0.2, 0) is 0 Å². The molecule has 6 aromatic carbocycles. The van der Waals surface area contributed by atoms with Crippen molar-refractivity contribution in [1.82, 2.24) is 9.97 Å². The van der Waals surface area contributed by atoms with Gasteiger partial charge in [-0.05, 0) is 100 Å². The molecule has 0 saturated heterocycles. The number of hydrogen-bond donors (Lipinski definition) is 0. The lowest BCUT2D eigenvalue weighted by molar-refractivity contribution is 1.03. The minimum atomic E-state index is 0.653. The minimum Gasteiger partial charge on any atom is -0.228 e. The average molecular weight is 628 g/mol. The summed E-state index contributed by atoms with van der Waals surface area (Å²) in [5.74, 6) is 0.757. The van der Waals surface area contributed by atoms with Gasteiger partial charge in [-0.2, -0.15) is 5.26 Å². The summed E-state index contributed by atoms with van der Waals surface area (Å²) in [6.07, 6.45) is 8.61. The third kappa shape index (κ3) is 6.33. The molecule has 49 heavy (non-hydrogen) atoms. The maximum absolute atomic E-state index is 9.83. The van der Waals surface area contributed by atoms with Crippen LogP contribution in [0.15, 0.2) is 158 Å². The van der Waals surface area contributed by atoms with Gasteiger partial charge in [-0.15, -0.1) is 0 Å². The number of nitriles is 1. The second-order valence-corrected chi connectivity index (χ2v) is 12.6. The van der Waals surface area contributed by atoms with Crippen LogP contribution in [0.5, 0.6) is 0 Å². The van der Waals surface area contributed by atoms with Gasteiger partial charge in [0.05, 0.1) is 23.0 Å². The standard InChI is InChI=1S/C46H33N3/c1-31-12-14-34(15-13-31)41-24-32(30-47)25-42(28-41)40-23-19-35-18-22-39(26-43(35)27-40)33-16-20-37(21-17-33)45-29-44(36-8-4-2-5-9-36)48-46(49-45)38-10-6-3-7-11-38/h2,4-6,8-29H,3,7H2,1H3. The normalized spacial score (nSPS) is 12.4. The minimum absolute atomic E-state index is 0.653. The van der Waals surface area contributed by atoms with E-state index in [0.29, 0.717) is 5.56 Å². The summed E-state index contributed by atoms with van der Waals surface area (Å²) in [7, 11) is 0. The van der Waals surface area contributed by atoms with Crippen molar-refractivity contribution in [3.05, 3.63) is 175 Å². The zero-order valence-corrected chi connectivity index (χ0v) is 27.3. The largest absolute Gasteiger partial charge is 0.228 e. The number of hydrogen-bond acceptors (Lipinski definition) is 3. The molecule has 7 aromatic rings. The summed E-state index contributed by atoms with van der Waals surface area (Å²) in [6, 6.07) is 51.1. The second-order valence-electron chi connectivity index (χ2n) is 12.6. The van der Waals surface area contributed by atoms with Gasteiger partial charge < -0.3 is 0 Å². The Kier molecular flexibility index (Phi) is 7.97. The van der Waals surface area contributed by atoms with Crippen LogP contribution in [0.3, 0.4) is 0 Å². The van der Waals surface area contributed by atoms with Crippen molar-refractivity contribution < 1.29 is 0 Å². The van der Waals surface area contributed by atoms with Gasteiger partial charge in [0.1, 0.15) is 0 Å². The smallest absolute Gasteiger partial charge is 0.160 e. The molecule has 0 spiro atoms. The fourth-order valence-corrected chi connectivity index (χ4v) is 6.47. The molecule has 1 aliphatic rings. The molecule has 0 amide bonds. The van der Waals surface area contributed by atoms with E-state index in [2.05, 4.69) is 140 Å². The predicted octanol–water partition coefficient (Wildman–Crippen LogP) is 11.9. The first kappa shape index (κ1) is 30.0. The lowest BCUT2D eigenvalue weighted by Crippen LogP contribution is -1.99. The number of benzene rings is 6. The highest BCUT2D eigenvalue weighted by Gasteiger charge is 2.13. The Hall–Kier alpha value is -6.37. The predicted molar refractivity (Wildman–Crippen MR) is 203 cm³/mol. The topological polar surface area (TPSA) is 49.6 Å². The lowest BCUT2D eigenvalue weighted by Gasteiger charge is -2.12. The van der Waals surface area contributed by atoms with Crippen LogP contribution in [0.1, 0.15) is 29.8 Å². The molecule has 3 heteroatoms. The maximum Gasteiger partial charge on any atom is 0.160 e. The van der Waals surface area contributed by atoms with E-state index in [1.165, 1.54) is 10.9 Å². The fraction of sp³-hybridized carbons (Fsp3) is 0.0652. The Morgan fingerprint density at radius 2 is 1.08 bits per heavy atom. The number of nitrogens with zero attached hydrogens (tertiary/aromatic N) is 3. The molecule has 0 N–H and O–H groups in total. The number of aryl methyl sites for hydroxylation is 1. The van der Waals surface area contributed by atoms with Gasteiger partial charge in [0, 0.05) is 16.7 Å². The van der Waals surface area contributed by atoms with Crippen molar-refractivity contribution in [3.8, 4) is 62.0 Å². The number of rotatable bonds is 6. The first-order chi connectivity index (χ1) is 24.1. The molecule has 0 aliphatic heterocycles. The molecule has 1 heterocycles. The quantitative estimate of drug-likeness (QED) is 0.184. The van der Waals surface area contributed by atoms with E-state index in [1.807, 2.05) is 30.3 Å². The van der Waals surface area contributed by atoms with E-state index < -0.39 is 0 Å². The first-order valence-corrected chi connectivity index (χ1v) is 16.7. The Balaban J connectivity index is 1.13. The Bertz CT molecular complexity index is 2430. The van der Waals surface area contributed by atoms with Crippen LogP contribution in [0.4, 0.5) is 0 Å². The maximum atomic E-state index is 9.83. The van der Waals surface area contributed by atoms with Crippen molar-refractivity contribution in [1.29, 1.82) is 5.26 Å². The van der Waals surface area contributed by atoms with E-state index in [4.69, 9.17) is 9.97 Å². The molecule has 8 rings (SSSR count). The number of allylic oxidation sites excluding steroid dienone is 4. The van der Waals surface area contributed by atoms with Crippen molar-refractivity contribution in [2.24, 2.45) is 0 Å². The summed E-state index contributed by atoms with van der Waals surface area (Å²) in [5, 5.41) is 12.2. The average Bonchev–Trinajstić information content (AvgIpc) is 3.18. The molecule has 1 aromatic heterocycles. The van der Waals surface area contributed by atoms with Gasteiger partial charge in [0.2, 0.25) is 0 Å². The third-order valence-corrected chi connectivity index (χ3v) is 9.18. The van der Waals surface area contributed by atoms with Gasteiger partial charge in [0.15, 0.2) is 5.82 Å². The molecule has 1 aliphatic carbocycles. The van der Waals surface area contributed by atoms with Crippen molar-refractivity contribution >= 4 is 16.3 Å². The summed E-state index contributed by atoms with van der Waals surface area (Å²) in [4.78, 5) is 9.99. The molecular formula is C46H33N3. The molecule has 0 fully saturated rings. The number of fused-ring (bicyclic) bond motifs is 1. The Labute approximate surface area is 287 Å². The number of aromatic nitrogens is 2. The van der Waals surface area contributed by atoms with E-state index in [-0.39, 0.29) is 0 Å². The zero-order chi connectivity index (χ0) is 33.2. The highest BCUT2D eigenvalue weighted by Crippen LogP contribution is 2.34. The third-order valence-electron chi connectivity index (χ3n) is 9.18. The molecule has 0 saturated carbocycles. The summed E-state index contributed by atoms with van der Waals surface area (Å²) in [6.45, 7) is 2.09. The summed E-state index contributed by atoms with van der Waals surface area (Å²) >= 11 is 0. The lowest BCUT2D eigenvalue weighted by atomic mass is 9.94. The molecule has 0 atom stereocenters. The molecule has 0 radical (unpaired) electrons. The van der Waals surface area contributed by atoms with Crippen LogP contribution in [-0.4, -0.2) is 9.97 Å². The van der Waals surface area contributed by atoms with Crippen LogP contribution in [0.25, 0.3) is 72.2 Å². The molecule has 0 bridgehead atoms. The monoisotopic (exact) mass is 627 g/mol. The van der Waals surface area contributed by atoms with Gasteiger partial charge in [-0.3, -0.25) is 0 Å². The molecule has 3 nitrogen and oxygen atoms in total. The van der Waals surface area contributed by atoms with E-state index >= 15 is 0 Å². The van der Waals surface area contributed by atoms with Gasteiger partial charge in [-0.25, -0.2) is 9.97 Å². The highest BCUT2D eigenvalue weighted by molar-refractivity contribution is 5.92. The van der Waals surface area contributed by atoms with Crippen LogP contribution in [0.2, 0.25) is 0 Å². The summed E-state index contributed by atoms with van der Waals surface area (Å²) < 4.78 is 0. The molecular weight excluding hydrogens is 595 g/mol. The van der Waals surface area contributed by atoms with Gasteiger partial charge >= 0.3 is 0 Å². The zero-order valence-electron chi connectivity index (χ0n) is 27.3. The Morgan fingerprint density at radius 1 is 0.510 bits per heavy atom.